The lowest BCUT2D eigenvalue weighted by Gasteiger charge is -2.38. The fraction of sp³-hybridized carbons (Fsp3) is 0.500. The SMILES string of the molecule is O=C(NO)c1cnc(N2CC3CC2CN3C2CC=CC(C(F)(F)F)=N2)nc1. The number of rotatable bonds is 3. The molecule has 1 amide bonds. The van der Waals surface area contributed by atoms with Gasteiger partial charge in [0.25, 0.3) is 5.91 Å². The number of hydroxylamine groups is 1. The molecule has 3 unspecified atom stereocenters. The number of nitrogens with one attached hydrogen (secondary N) is 1. The van der Waals surface area contributed by atoms with Gasteiger partial charge in [-0.05, 0) is 12.5 Å². The Labute approximate surface area is 152 Å². The molecule has 144 valence electrons. The number of hydrogen-bond acceptors (Lipinski definition) is 7. The number of hydrogen-bond donors (Lipinski definition) is 2. The van der Waals surface area contributed by atoms with Crippen molar-refractivity contribution in [2.75, 3.05) is 18.0 Å². The lowest BCUT2D eigenvalue weighted by atomic mass is 10.1. The second kappa shape index (κ2) is 6.57. The number of allylic oxidation sites excluding steroid dienone is 1. The van der Waals surface area contributed by atoms with E-state index in [4.69, 9.17) is 5.21 Å². The predicted molar refractivity (Wildman–Crippen MR) is 88.6 cm³/mol. The van der Waals surface area contributed by atoms with Gasteiger partial charge in [0, 0.05) is 44.0 Å². The first kappa shape index (κ1) is 17.9. The Balaban J connectivity index is 1.45. The molecule has 3 atom stereocenters. The summed E-state index contributed by atoms with van der Waals surface area (Å²) >= 11 is 0. The average Bonchev–Trinajstić information content (AvgIpc) is 3.28. The number of carbonyl (C=O) groups is 1. The van der Waals surface area contributed by atoms with E-state index in [-0.39, 0.29) is 17.6 Å². The molecule has 0 radical (unpaired) electrons. The minimum Gasteiger partial charge on any atom is -0.335 e. The highest BCUT2D eigenvalue weighted by Gasteiger charge is 2.47. The molecule has 27 heavy (non-hydrogen) atoms. The van der Waals surface area contributed by atoms with Crippen LogP contribution in [0, 0.1) is 0 Å². The minimum absolute atomic E-state index is 0.0775. The first-order chi connectivity index (χ1) is 12.9. The Kier molecular flexibility index (Phi) is 4.35. The summed E-state index contributed by atoms with van der Waals surface area (Å²) in [4.78, 5) is 27.6. The molecule has 11 heteroatoms. The van der Waals surface area contributed by atoms with E-state index in [9.17, 15) is 18.0 Å². The van der Waals surface area contributed by atoms with Gasteiger partial charge in [0.15, 0.2) is 0 Å². The highest BCUT2D eigenvalue weighted by molar-refractivity contribution is 6.00. The van der Waals surface area contributed by atoms with Crippen molar-refractivity contribution < 1.29 is 23.2 Å². The first-order valence-corrected chi connectivity index (χ1v) is 8.47. The number of aromatic nitrogens is 2. The van der Waals surface area contributed by atoms with E-state index < -0.39 is 24.0 Å². The molecule has 0 aromatic carbocycles. The summed E-state index contributed by atoms with van der Waals surface area (Å²) in [5.41, 5.74) is 0.817. The van der Waals surface area contributed by atoms with Crippen LogP contribution < -0.4 is 10.4 Å². The topological polar surface area (TPSA) is 93.9 Å². The Morgan fingerprint density at radius 2 is 1.96 bits per heavy atom. The van der Waals surface area contributed by atoms with Crippen LogP contribution >= 0.6 is 0 Å². The monoisotopic (exact) mass is 382 g/mol. The molecule has 3 aliphatic rings. The predicted octanol–water partition coefficient (Wildman–Crippen LogP) is 1.15. The molecule has 8 nitrogen and oxygen atoms in total. The molecule has 0 spiro atoms. The summed E-state index contributed by atoms with van der Waals surface area (Å²) < 4.78 is 38.8. The molecule has 2 fully saturated rings. The van der Waals surface area contributed by atoms with Gasteiger partial charge in [-0.15, -0.1) is 0 Å². The van der Waals surface area contributed by atoms with Crippen LogP contribution in [0.5, 0.6) is 0 Å². The third kappa shape index (κ3) is 3.28. The van der Waals surface area contributed by atoms with Crippen molar-refractivity contribution in [1.29, 1.82) is 0 Å². The molecule has 1 aromatic rings. The zero-order chi connectivity index (χ0) is 19.2. The second-order valence-corrected chi connectivity index (χ2v) is 6.74. The number of nitrogens with zero attached hydrogens (tertiary/aromatic N) is 5. The summed E-state index contributed by atoms with van der Waals surface area (Å²) in [6, 6.07) is 0.164. The number of piperazine rings is 1. The van der Waals surface area contributed by atoms with Gasteiger partial charge in [0.05, 0.1) is 5.56 Å². The zero-order valence-electron chi connectivity index (χ0n) is 14.1. The maximum absolute atomic E-state index is 12.9. The van der Waals surface area contributed by atoms with Crippen molar-refractivity contribution in [1.82, 2.24) is 20.3 Å². The number of halogens is 3. The van der Waals surface area contributed by atoms with Crippen LogP contribution in [-0.4, -0.2) is 69.2 Å². The molecule has 2 N–H and O–H groups in total. The van der Waals surface area contributed by atoms with E-state index in [1.165, 1.54) is 23.9 Å². The number of dihydropyridines is 1. The van der Waals surface area contributed by atoms with Gasteiger partial charge < -0.3 is 4.90 Å². The van der Waals surface area contributed by atoms with Gasteiger partial charge in [-0.1, -0.05) is 6.08 Å². The van der Waals surface area contributed by atoms with Crippen molar-refractivity contribution in [2.24, 2.45) is 4.99 Å². The summed E-state index contributed by atoms with van der Waals surface area (Å²) in [6.07, 6.45) is 1.54. The van der Waals surface area contributed by atoms with E-state index in [2.05, 4.69) is 15.0 Å². The van der Waals surface area contributed by atoms with E-state index in [0.29, 0.717) is 25.5 Å². The largest absolute Gasteiger partial charge is 0.432 e. The standard InChI is InChI=1S/C16H17F3N6O2/c17-16(18,19)12-2-1-3-13(22-12)24-7-11-4-10(24)8-25(11)15-20-5-9(6-21-15)14(26)23-27/h1-2,5-6,10-11,13,27H,3-4,7-8H2,(H,23,26). The lowest BCUT2D eigenvalue weighted by Crippen LogP contribution is -2.51. The molecule has 1 aromatic heterocycles. The summed E-state index contributed by atoms with van der Waals surface area (Å²) in [7, 11) is 0. The minimum atomic E-state index is -4.43. The van der Waals surface area contributed by atoms with Crippen LogP contribution in [0.2, 0.25) is 0 Å². The van der Waals surface area contributed by atoms with Gasteiger partial charge in [-0.3, -0.25) is 19.9 Å². The maximum atomic E-state index is 12.9. The van der Waals surface area contributed by atoms with Crippen molar-refractivity contribution in [3.63, 3.8) is 0 Å². The van der Waals surface area contributed by atoms with E-state index in [1.54, 1.807) is 0 Å². The number of amides is 1. The van der Waals surface area contributed by atoms with Gasteiger partial charge in [0.2, 0.25) is 5.95 Å². The van der Waals surface area contributed by atoms with Crippen LogP contribution in [0.3, 0.4) is 0 Å². The molecule has 3 aliphatic heterocycles. The van der Waals surface area contributed by atoms with Gasteiger partial charge >= 0.3 is 6.18 Å². The molecule has 4 rings (SSSR count). The molecule has 2 bridgehead atoms. The van der Waals surface area contributed by atoms with Crippen LogP contribution in [-0.2, 0) is 0 Å². The van der Waals surface area contributed by atoms with E-state index in [0.717, 1.165) is 12.5 Å². The van der Waals surface area contributed by atoms with E-state index in [1.807, 2.05) is 9.80 Å². The smallest absolute Gasteiger partial charge is 0.335 e. The number of alkyl halides is 3. The molecular formula is C16H17F3N6O2. The summed E-state index contributed by atoms with van der Waals surface area (Å²) in [5.74, 6) is -0.237. The van der Waals surface area contributed by atoms with Crippen molar-refractivity contribution in [3.8, 4) is 0 Å². The van der Waals surface area contributed by atoms with Crippen LogP contribution in [0.15, 0.2) is 29.5 Å². The zero-order valence-corrected chi connectivity index (χ0v) is 14.1. The number of carbonyl (C=O) groups excluding carboxylic acids is 1. The normalized spacial score (nSPS) is 27.8. The number of likely N-dealkylation sites (tertiary alicyclic amines) is 1. The second-order valence-electron chi connectivity index (χ2n) is 6.74. The Hall–Kier alpha value is -2.53. The van der Waals surface area contributed by atoms with Crippen molar-refractivity contribution >= 4 is 17.6 Å². The first-order valence-electron chi connectivity index (χ1n) is 8.47. The van der Waals surface area contributed by atoms with Gasteiger partial charge in [-0.25, -0.2) is 15.4 Å². The molecule has 4 heterocycles. The Morgan fingerprint density at radius 1 is 1.22 bits per heavy atom. The highest BCUT2D eigenvalue weighted by atomic mass is 19.4. The average molecular weight is 382 g/mol. The van der Waals surface area contributed by atoms with Crippen LogP contribution in [0.25, 0.3) is 0 Å². The third-order valence-corrected chi connectivity index (χ3v) is 5.13. The van der Waals surface area contributed by atoms with Crippen molar-refractivity contribution in [3.05, 3.63) is 30.1 Å². The van der Waals surface area contributed by atoms with Gasteiger partial charge in [-0.2, -0.15) is 13.2 Å². The Bertz CT molecular complexity index is 794. The maximum Gasteiger partial charge on any atom is 0.432 e. The summed E-state index contributed by atoms with van der Waals surface area (Å²) in [6.45, 7) is 1.17. The van der Waals surface area contributed by atoms with Crippen molar-refractivity contribution in [2.45, 2.75) is 37.3 Å². The third-order valence-electron chi connectivity index (χ3n) is 5.13. The van der Waals surface area contributed by atoms with Crippen LogP contribution in [0.4, 0.5) is 19.1 Å². The quantitative estimate of drug-likeness (QED) is 0.602. The lowest BCUT2D eigenvalue weighted by molar-refractivity contribution is -0.0588. The number of aliphatic imine (C=N–C) groups is 1. The summed E-state index contributed by atoms with van der Waals surface area (Å²) in [5, 5.41) is 8.62. The molecular weight excluding hydrogens is 365 g/mol. The number of anilines is 1. The fourth-order valence-electron chi connectivity index (χ4n) is 3.89. The van der Waals surface area contributed by atoms with Crippen LogP contribution in [0.1, 0.15) is 23.2 Å². The Morgan fingerprint density at radius 3 is 2.56 bits per heavy atom. The van der Waals surface area contributed by atoms with Gasteiger partial charge in [0.1, 0.15) is 11.9 Å². The molecule has 0 saturated carbocycles. The molecule has 2 saturated heterocycles. The van der Waals surface area contributed by atoms with E-state index >= 15 is 0 Å². The highest BCUT2D eigenvalue weighted by Crippen LogP contribution is 2.36. The molecule has 0 aliphatic carbocycles. The fourth-order valence-corrected chi connectivity index (χ4v) is 3.89. The number of fused-ring (bicyclic) bond motifs is 2.